The predicted octanol–water partition coefficient (Wildman–Crippen LogP) is 0.977. The first kappa shape index (κ1) is 16.1. The molecule has 0 bridgehead atoms. The second-order valence-electron chi connectivity index (χ2n) is 5.56. The van der Waals surface area contributed by atoms with Crippen LogP contribution < -0.4 is 10.5 Å². The molecule has 0 radical (unpaired) electrons. The van der Waals surface area contributed by atoms with Crippen LogP contribution >= 0.6 is 0 Å². The summed E-state index contributed by atoms with van der Waals surface area (Å²) >= 11 is 0. The number of benzene rings is 1. The van der Waals surface area contributed by atoms with Crippen LogP contribution in [0.1, 0.15) is 18.9 Å². The summed E-state index contributed by atoms with van der Waals surface area (Å²) in [6.07, 6.45) is -0.0224. The van der Waals surface area contributed by atoms with Crippen LogP contribution in [0.3, 0.4) is 0 Å². The number of piperidine rings is 1. The van der Waals surface area contributed by atoms with E-state index in [1.54, 1.807) is 13.0 Å². The van der Waals surface area contributed by atoms with Crippen LogP contribution in [-0.2, 0) is 10.0 Å². The molecule has 3 N–H and O–H groups in total. The minimum atomic E-state index is -3.68. The van der Waals surface area contributed by atoms with Gasteiger partial charge in [-0.15, -0.1) is 0 Å². The van der Waals surface area contributed by atoms with E-state index < -0.39 is 16.1 Å². The predicted molar refractivity (Wildman–Crippen MR) is 80.7 cm³/mol. The third-order valence-electron chi connectivity index (χ3n) is 3.99. The fraction of sp³-hybridized carbons (Fsp3) is 0.571. The van der Waals surface area contributed by atoms with E-state index in [0.717, 1.165) is 5.56 Å². The summed E-state index contributed by atoms with van der Waals surface area (Å²) in [6, 6.07) is 3.07. The molecule has 1 heterocycles. The zero-order valence-corrected chi connectivity index (χ0v) is 13.4. The second kappa shape index (κ2) is 5.82. The molecule has 0 spiro atoms. The number of rotatable bonds is 3. The van der Waals surface area contributed by atoms with Gasteiger partial charge in [0.25, 0.3) is 0 Å². The first-order valence-corrected chi connectivity index (χ1v) is 8.33. The first-order chi connectivity index (χ1) is 9.77. The molecule has 2 atom stereocenters. The number of nitrogen functional groups attached to an aromatic ring is 1. The van der Waals surface area contributed by atoms with E-state index >= 15 is 0 Å². The van der Waals surface area contributed by atoms with Crippen molar-refractivity contribution in [3.8, 4) is 5.75 Å². The first-order valence-electron chi connectivity index (χ1n) is 6.89. The van der Waals surface area contributed by atoms with Crippen molar-refractivity contribution in [2.24, 2.45) is 5.92 Å². The fourth-order valence-corrected chi connectivity index (χ4v) is 4.22. The van der Waals surface area contributed by atoms with Gasteiger partial charge in [-0.25, -0.2) is 8.42 Å². The van der Waals surface area contributed by atoms with Gasteiger partial charge < -0.3 is 15.6 Å². The van der Waals surface area contributed by atoms with Crippen LogP contribution in [0.5, 0.6) is 5.75 Å². The molecule has 2 rings (SSSR count). The molecule has 6 nitrogen and oxygen atoms in total. The summed E-state index contributed by atoms with van der Waals surface area (Å²) in [6.45, 7) is 4.23. The van der Waals surface area contributed by atoms with Crippen molar-refractivity contribution in [2.75, 3.05) is 25.9 Å². The lowest BCUT2D eigenvalue weighted by molar-refractivity contribution is 0.0628. The van der Waals surface area contributed by atoms with Gasteiger partial charge in [-0.3, -0.25) is 0 Å². The second-order valence-corrected chi connectivity index (χ2v) is 7.46. The van der Waals surface area contributed by atoms with Crippen molar-refractivity contribution in [3.05, 3.63) is 17.7 Å². The summed E-state index contributed by atoms with van der Waals surface area (Å²) in [5.74, 6) is 0.197. The SMILES string of the molecule is COc1cc(C)c(N)cc1S(=O)(=O)N1CCC(O)C(C)C1. The number of aryl methyl sites for hydroxylation is 1. The highest BCUT2D eigenvalue weighted by molar-refractivity contribution is 7.89. The Labute approximate surface area is 125 Å². The highest BCUT2D eigenvalue weighted by Gasteiger charge is 2.34. The van der Waals surface area contributed by atoms with Crippen molar-refractivity contribution < 1.29 is 18.3 Å². The molecule has 1 aromatic rings. The molecular weight excluding hydrogens is 292 g/mol. The van der Waals surface area contributed by atoms with Gasteiger partial charge in [-0.05, 0) is 37.0 Å². The van der Waals surface area contributed by atoms with E-state index in [1.165, 1.54) is 17.5 Å². The number of anilines is 1. The summed E-state index contributed by atoms with van der Waals surface area (Å²) in [4.78, 5) is 0.0803. The number of aliphatic hydroxyl groups is 1. The van der Waals surface area contributed by atoms with Gasteiger partial charge in [0, 0.05) is 18.8 Å². The van der Waals surface area contributed by atoms with Crippen LogP contribution in [0.4, 0.5) is 5.69 Å². The maximum absolute atomic E-state index is 12.8. The Kier molecular flexibility index (Phi) is 4.46. The highest BCUT2D eigenvalue weighted by Crippen LogP contribution is 2.32. The molecule has 7 heteroatoms. The van der Waals surface area contributed by atoms with E-state index in [-0.39, 0.29) is 10.8 Å². The van der Waals surface area contributed by atoms with Gasteiger partial charge in [0.2, 0.25) is 10.0 Å². The van der Waals surface area contributed by atoms with Crippen molar-refractivity contribution in [1.82, 2.24) is 4.31 Å². The normalized spacial score (nSPS) is 24.0. The lowest BCUT2D eigenvalue weighted by Gasteiger charge is -2.33. The van der Waals surface area contributed by atoms with Crippen LogP contribution in [0.15, 0.2) is 17.0 Å². The minimum absolute atomic E-state index is 0.0803. The molecule has 118 valence electrons. The van der Waals surface area contributed by atoms with Crippen LogP contribution in [0.25, 0.3) is 0 Å². The molecule has 0 aromatic heterocycles. The van der Waals surface area contributed by atoms with Gasteiger partial charge >= 0.3 is 0 Å². The Bertz CT molecular complexity index is 630. The van der Waals surface area contributed by atoms with E-state index in [4.69, 9.17) is 10.5 Å². The number of methoxy groups -OCH3 is 1. The number of aliphatic hydroxyl groups excluding tert-OH is 1. The third-order valence-corrected chi connectivity index (χ3v) is 5.88. The number of hydrogen-bond donors (Lipinski definition) is 2. The van der Waals surface area contributed by atoms with Crippen molar-refractivity contribution in [3.63, 3.8) is 0 Å². The zero-order chi connectivity index (χ0) is 15.8. The summed E-state index contributed by atoms with van der Waals surface area (Å²) in [7, 11) is -2.25. The molecule has 1 aliphatic rings. The Morgan fingerprint density at radius 3 is 2.67 bits per heavy atom. The number of hydrogen-bond acceptors (Lipinski definition) is 5. The zero-order valence-electron chi connectivity index (χ0n) is 12.5. The van der Waals surface area contributed by atoms with Crippen LogP contribution in [0, 0.1) is 12.8 Å². The highest BCUT2D eigenvalue weighted by atomic mass is 32.2. The summed E-state index contributed by atoms with van der Waals surface area (Å²) in [5, 5.41) is 9.75. The van der Waals surface area contributed by atoms with Gasteiger partial charge in [0.1, 0.15) is 10.6 Å². The minimum Gasteiger partial charge on any atom is -0.495 e. The number of ether oxygens (including phenoxy) is 1. The van der Waals surface area contributed by atoms with Crippen LogP contribution in [0.2, 0.25) is 0 Å². The van der Waals surface area contributed by atoms with Gasteiger partial charge in [0.05, 0.1) is 13.2 Å². The number of nitrogens with two attached hydrogens (primary N) is 1. The molecule has 0 aliphatic carbocycles. The maximum Gasteiger partial charge on any atom is 0.246 e. The van der Waals surface area contributed by atoms with E-state index in [1.807, 2.05) is 6.92 Å². The van der Waals surface area contributed by atoms with E-state index in [2.05, 4.69) is 0 Å². The molecule has 21 heavy (non-hydrogen) atoms. The molecule has 0 saturated carbocycles. The summed E-state index contributed by atoms with van der Waals surface area (Å²) < 4.78 is 32.2. The van der Waals surface area contributed by atoms with Gasteiger partial charge in [0.15, 0.2) is 0 Å². The molecule has 2 unspecified atom stereocenters. The standard InChI is InChI=1S/C14H22N2O4S/c1-9-6-13(20-3)14(7-11(9)15)21(18,19)16-5-4-12(17)10(2)8-16/h6-7,10,12,17H,4-5,8,15H2,1-3H3. The van der Waals surface area contributed by atoms with Crippen LogP contribution in [-0.4, -0.2) is 44.1 Å². The average Bonchev–Trinajstić information content (AvgIpc) is 2.44. The molecule has 1 aliphatic heterocycles. The van der Waals surface area contributed by atoms with Crippen molar-refractivity contribution >= 4 is 15.7 Å². The lowest BCUT2D eigenvalue weighted by Crippen LogP contribution is -2.44. The fourth-order valence-electron chi connectivity index (χ4n) is 2.49. The smallest absolute Gasteiger partial charge is 0.246 e. The van der Waals surface area contributed by atoms with E-state index in [0.29, 0.717) is 30.9 Å². The average molecular weight is 314 g/mol. The summed E-state index contributed by atoms with van der Waals surface area (Å²) in [5.41, 5.74) is 7.03. The molecule has 1 fully saturated rings. The molecule has 0 amide bonds. The van der Waals surface area contributed by atoms with E-state index in [9.17, 15) is 13.5 Å². The van der Waals surface area contributed by atoms with Crippen molar-refractivity contribution in [1.29, 1.82) is 0 Å². The van der Waals surface area contributed by atoms with Gasteiger partial charge in [-0.2, -0.15) is 4.31 Å². The Balaban J connectivity index is 2.42. The number of sulfonamides is 1. The Morgan fingerprint density at radius 2 is 2.10 bits per heavy atom. The Morgan fingerprint density at radius 1 is 1.43 bits per heavy atom. The molecule has 1 saturated heterocycles. The van der Waals surface area contributed by atoms with Gasteiger partial charge in [-0.1, -0.05) is 6.92 Å². The molecule has 1 aromatic carbocycles. The topological polar surface area (TPSA) is 92.9 Å². The number of nitrogens with zero attached hydrogens (tertiary/aromatic N) is 1. The van der Waals surface area contributed by atoms with Crippen molar-refractivity contribution in [2.45, 2.75) is 31.3 Å². The third kappa shape index (κ3) is 3.00. The Hall–Kier alpha value is -1.31. The largest absolute Gasteiger partial charge is 0.495 e. The quantitative estimate of drug-likeness (QED) is 0.811. The molecular formula is C14H22N2O4S. The lowest BCUT2D eigenvalue weighted by atomic mass is 9.99. The monoisotopic (exact) mass is 314 g/mol. The maximum atomic E-state index is 12.8.